The Morgan fingerprint density at radius 3 is 2.42 bits per heavy atom. The zero-order valence-electron chi connectivity index (χ0n) is 17.2. The van der Waals surface area contributed by atoms with Gasteiger partial charge in [-0.05, 0) is 58.7 Å². The normalized spacial score (nSPS) is 11.4. The third kappa shape index (κ3) is 10.3. The fourth-order valence-electron chi connectivity index (χ4n) is 2.92. The van der Waals surface area contributed by atoms with Crippen LogP contribution < -0.4 is 10.6 Å². The van der Waals surface area contributed by atoms with Crippen LogP contribution in [0.1, 0.15) is 36.8 Å². The van der Waals surface area contributed by atoms with Crippen molar-refractivity contribution in [2.75, 3.05) is 6.54 Å². The summed E-state index contributed by atoms with van der Waals surface area (Å²) >= 11 is 2.17. The van der Waals surface area contributed by atoms with Gasteiger partial charge in [0.15, 0.2) is 0 Å². The highest BCUT2D eigenvalue weighted by atomic mass is 127. The number of amides is 2. The number of benzene rings is 2. The van der Waals surface area contributed by atoms with Crippen molar-refractivity contribution in [3.8, 4) is 0 Å². The van der Waals surface area contributed by atoms with E-state index in [4.69, 9.17) is 4.74 Å². The molecule has 0 radical (unpaired) electrons. The second-order valence-corrected chi connectivity index (χ2v) is 8.34. The van der Waals surface area contributed by atoms with Crippen LogP contribution in [0, 0.1) is 3.57 Å². The Hall–Kier alpha value is -2.62. The molecule has 0 aliphatic rings. The molecule has 0 unspecified atom stereocenters. The number of hydrogen-bond donors (Lipinski definition) is 3. The number of halogens is 1. The van der Waals surface area contributed by atoms with Gasteiger partial charge in [0.25, 0.3) is 0 Å². The number of alkyl carbamates (subject to hydrolysis) is 1. The van der Waals surface area contributed by atoms with Crippen molar-refractivity contribution >= 4 is 40.6 Å². The highest BCUT2D eigenvalue weighted by Crippen LogP contribution is 2.10. The third-order valence-corrected chi connectivity index (χ3v) is 5.20. The molecular weight excluding hydrogens is 511 g/mol. The average molecular weight is 538 g/mol. The number of ether oxygens (including phenoxy) is 1. The molecule has 2 aromatic rings. The molecule has 2 amide bonds. The van der Waals surface area contributed by atoms with Gasteiger partial charge >= 0.3 is 12.1 Å². The first-order valence-corrected chi connectivity index (χ1v) is 11.2. The molecule has 0 heterocycles. The zero-order chi connectivity index (χ0) is 22.5. The summed E-state index contributed by atoms with van der Waals surface area (Å²) in [7, 11) is 0. The monoisotopic (exact) mass is 538 g/mol. The Morgan fingerprint density at radius 2 is 1.71 bits per heavy atom. The predicted molar refractivity (Wildman–Crippen MR) is 126 cm³/mol. The van der Waals surface area contributed by atoms with Crippen LogP contribution in [0.25, 0.3) is 0 Å². The van der Waals surface area contributed by atoms with Crippen molar-refractivity contribution < 1.29 is 24.2 Å². The second kappa shape index (κ2) is 13.6. The molecule has 2 rings (SSSR count). The van der Waals surface area contributed by atoms with Crippen LogP contribution in [0.5, 0.6) is 0 Å². The molecule has 0 aromatic heterocycles. The molecule has 8 heteroatoms. The number of unbranched alkanes of at least 4 members (excludes halogenated alkanes) is 2. The standard InChI is InChI=1S/C23H27IN2O5/c24-19-11-7-10-18(14-19)15-20(22(28)29)26-21(27)12-5-2-6-13-25-23(30)31-16-17-8-3-1-4-9-17/h1,3-4,7-11,14,20H,2,5-6,12-13,15-16H2,(H,25,30)(H,26,27)(H,28,29)/t20-/m0/s1. The number of rotatable bonds is 12. The first kappa shape index (κ1) is 24.6. The Kier molecular flexibility index (Phi) is 10.8. The topological polar surface area (TPSA) is 105 Å². The molecule has 0 saturated carbocycles. The maximum Gasteiger partial charge on any atom is 0.407 e. The predicted octanol–water partition coefficient (Wildman–Crippen LogP) is 3.89. The summed E-state index contributed by atoms with van der Waals surface area (Å²) in [5.74, 6) is -1.33. The van der Waals surface area contributed by atoms with E-state index in [0.29, 0.717) is 19.4 Å². The van der Waals surface area contributed by atoms with Gasteiger partial charge in [-0.25, -0.2) is 9.59 Å². The second-order valence-electron chi connectivity index (χ2n) is 7.09. The summed E-state index contributed by atoms with van der Waals surface area (Å²) in [6.45, 7) is 0.680. The number of carbonyl (C=O) groups is 3. The minimum absolute atomic E-state index is 0.222. The van der Waals surface area contributed by atoms with E-state index in [9.17, 15) is 19.5 Å². The highest BCUT2D eigenvalue weighted by Gasteiger charge is 2.20. The highest BCUT2D eigenvalue weighted by molar-refractivity contribution is 14.1. The molecular formula is C23H27IN2O5. The summed E-state index contributed by atoms with van der Waals surface area (Å²) in [6, 6.07) is 16.0. The largest absolute Gasteiger partial charge is 0.480 e. The van der Waals surface area contributed by atoms with Crippen LogP contribution in [0.4, 0.5) is 4.79 Å². The van der Waals surface area contributed by atoms with Gasteiger partial charge in [-0.15, -0.1) is 0 Å². The Bertz CT molecular complexity index is 860. The molecule has 2 aromatic carbocycles. The van der Waals surface area contributed by atoms with Gasteiger partial charge in [0, 0.05) is 23.0 Å². The van der Waals surface area contributed by atoms with Crippen LogP contribution in [0.15, 0.2) is 54.6 Å². The molecule has 0 aliphatic heterocycles. The molecule has 1 atom stereocenters. The third-order valence-electron chi connectivity index (χ3n) is 4.52. The fraction of sp³-hybridized carbons (Fsp3) is 0.348. The summed E-state index contributed by atoms with van der Waals surface area (Å²) in [4.78, 5) is 35.2. The zero-order valence-corrected chi connectivity index (χ0v) is 19.3. The summed E-state index contributed by atoms with van der Waals surface area (Å²) in [5.41, 5.74) is 1.79. The van der Waals surface area contributed by atoms with Crippen molar-refractivity contribution in [1.82, 2.24) is 10.6 Å². The number of carboxylic acid groups (broad SMARTS) is 1. The van der Waals surface area contributed by atoms with Gasteiger partial charge in [0.05, 0.1) is 0 Å². The number of aliphatic carboxylic acids is 1. The average Bonchev–Trinajstić information content (AvgIpc) is 2.75. The number of nitrogens with one attached hydrogen (secondary N) is 2. The smallest absolute Gasteiger partial charge is 0.407 e. The van der Waals surface area contributed by atoms with Crippen molar-refractivity contribution in [2.45, 2.75) is 44.8 Å². The van der Waals surface area contributed by atoms with E-state index in [0.717, 1.165) is 21.1 Å². The summed E-state index contributed by atoms with van der Waals surface area (Å²) < 4.78 is 6.14. The van der Waals surface area contributed by atoms with Crippen molar-refractivity contribution in [2.24, 2.45) is 0 Å². The van der Waals surface area contributed by atoms with Crippen molar-refractivity contribution in [3.63, 3.8) is 0 Å². The Labute approximate surface area is 195 Å². The van der Waals surface area contributed by atoms with E-state index in [1.165, 1.54) is 0 Å². The van der Waals surface area contributed by atoms with Crippen LogP contribution >= 0.6 is 22.6 Å². The van der Waals surface area contributed by atoms with E-state index in [-0.39, 0.29) is 25.4 Å². The lowest BCUT2D eigenvalue weighted by molar-refractivity contribution is -0.141. The van der Waals surface area contributed by atoms with Crippen molar-refractivity contribution in [3.05, 3.63) is 69.3 Å². The molecule has 0 spiro atoms. The Balaban J connectivity index is 1.58. The first-order chi connectivity index (χ1) is 14.9. The minimum atomic E-state index is -1.05. The van der Waals surface area contributed by atoms with E-state index in [1.807, 2.05) is 54.6 Å². The lowest BCUT2D eigenvalue weighted by Crippen LogP contribution is -2.42. The van der Waals surface area contributed by atoms with Crippen molar-refractivity contribution in [1.29, 1.82) is 0 Å². The summed E-state index contributed by atoms with van der Waals surface area (Å²) in [5, 5.41) is 14.7. The number of hydrogen-bond acceptors (Lipinski definition) is 4. The van der Waals surface area contributed by atoms with E-state index in [2.05, 4.69) is 33.2 Å². The number of carbonyl (C=O) groups excluding carboxylic acids is 2. The molecule has 0 aliphatic carbocycles. The van der Waals surface area contributed by atoms with Crippen LogP contribution in [0.2, 0.25) is 0 Å². The lowest BCUT2D eigenvalue weighted by Gasteiger charge is -2.15. The fourth-order valence-corrected chi connectivity index (χ4v) is 3.53. The van der Waals surface area contributed by atoms with Crippen LogP contribution in [-0.4, -0.2) is 35.7 Å². The lowest BCUT2D eigenvalue weighted by atomic mass is 10.1. The molecule has 166 valence electrons. The molecule has 31 heavy (non-hydrogen) atoms. The van der Waals surface area contributed by atoms with Crippen LogP contribution in [0.3, 0.4) is 0 Å². The Morgan fingerprint density at radius 1 is 0.968 bits per heavy atom. The number of carboxylic acids is 1. The molecule has 3 N–H and O–H groups in total. The van der Waals surface area contributed by atoms with E-state index >= 15 is 0 Å². The van der Waals surface area contributed by atoms with Gasteiger partial charge in [-0.3, -0.25) is 4.79 Å². The maximum absolute atomic E-state index is 12.1. The van der Waals surface area contributed by atoms with Gasteiger partial charge < -0.3 is 20.5 Å². The molecule has 0 bridgehead atoms. The summed E-state index contributed by atoms with van der Waals surface area (Å²) in [6.07, 6.45) is 2.07. The minimum Gasteiger partial charge on any atom is -0.480 e. The van der Waals surface area contributed by atoms with E-state index < -0.39 is 18.1 Å². The van der Waals surface area contributed by atoms with Gasteiger partial charge in [-0.1, -0.05) is 48.9 Å². The SMILES string of the molecule is O=C(CCCCCNC(=O)OCc1ccccc1)N[C@@H](Cc1cccc(I)c1)C(=O)O. The van der Waals surface area contributed by atoms with Gasteiger partial charge in [0.1, 0.15) is 12.6 Å². The maximum atomic E-state index is 12.1. The molecule has 0 saturated heterocycles. The van der Waals surface area contributed by atoms with Gasteiger partial charge in [-0.2, -0.15) is 0 Å². The van der Waals surface area contributed by atoms with E-state index in [1.54, 1.807) is 0 Å². The van der Waals surface area contributed by atoms with Crippen LogP contribution in [-0.2, 0) is 27.4 Å². The molecule has 0 fully saturated rings. The first-order valence-electron chi connectivity index (χ1n) is 10.1. The quantitative estimate of drug-likeness (QED) is 0.281. The van der Waals surface area contributed by atoms with Gasteiger partial charge in [0.2, 0.25) is 5.91 Å². The molecule has 7 nitrogen and oxygen atoms in total.